The van der Waals surface area contributed by atoms with Gasteiger partial charge in [-0.1, -0.05) is 85.8 Å². The molecule has 216 valence electrons. The lowest BCUT2D eigenvalue weighted by molar-refractivity contribution is -0.184. The van der Waals surface area contributed by atoms with Crippen LogP contribution in [0.15, 0.2) is 91.0 Å². The molecule has 2 unspecified atom stereocenters. The zero-order valence-electron chi connectivity index (χ0n) is 23.0. The number of benzene rings is 3. The summed E-state index contributed by atoms with van der Waals surface area (Å²) in [4.78, 5) is 52.3. The molecule has 3 aromatic carbocycles. The number of carbonyl (C=O) groups is 3. The molecule has 3 aromatic rings. The topological polar surface area (TPSA) is 122 Å². The Bertz CT molecular complexity index is 1370. The van der Waals surface area contributed by atoms with Crippen molar-refractivity contribution in [2.24, 2.45) is 0 Å². The summed E-state index contributed by atoms with van der Waals surface area (Å²) in [6.07, 6.45) is 0.825. The normalized spacial score (nSPS) is 18.7. The van der Waals surface area contributed by atoms with Crippen LogP contribution in [0.3, 0.4) is 0 Å². The SMILES string of the molecule is CCC(=O)N1CCC[C@]1(OP(=O)(O)C(CCc1ccccc1)NC(=O)c1ccccc1)C(=O)OCc1ccccc1. The number of esters is 1. The van der Waals surface area contributed by atoms with Crippen molar-refractivity contribution >= 4 is 25.4 Å². The largest absolute Gasteiger partial charge is 0.457 e. The van der Waals surface area contributed by atoms with Gasteiger partial charge in [0.1, 0.15) is 12.4 Å². The van der Waals surface area contributed by atoms with Gasteiger partial charge in [0, 0.05) is 24.9 Å². The van der Waals surface area contributed by atoms with E-state index in [-0.39, 0.29) is 32.4 Å². The van der Waals surface area contributed by atoms with E-state index in [2.05, 4.69) is 5.32 Å². The van der Waals surface area contributed by atoms with Crippen LogP contribution in [0.2, 0.25) is 0 Å². The molecule has 2 amide bonds. The highest BCUT2D eigenvalue weighted by molar-refractivity contribution is 7.53. The van der Waals surface area contributed by atoms with E-state index in [0.717, 1.165) is 5.56 Å². The number of hydrogen-bond donors (Lipinski definition) is 2. The summed E-state index contributed by atoms with van der Waals surface area (Å²) in [5, 5.41) is 2.66. The van der Waals surface area contributed by atoms with Crippen LogP contribution < -0.4 is 5.32 Å². The van der Waals surface area contributed by atoms with Crippen molar-refractivity contribution < 1.29 is 33.1 Å². The van der Waals surface area contributed by atoms with Gasteiger partial charge in [-0.25, -0.2) is 4.79 Å². The molecule has 9 nitrogen and oxygen atoms in total. The molecule has 1 aliphatic rings. The fraction of sp³-hybridized carbons (Fsp3) is 0.323. The highest BCUT2D eigenvalue weighted by atomic mass is 31.2. The summed E-state index contributed by atoms with van der Waals surface area (Å²) in [5.74, 6) is -3.26. The average Bonchev–Trinajstić information content (AvgIpc) is 3.42. The van der Waals surface area contributed by atoms with Crippen LogP contribution in [0.5, 0.6) is 0 Å². The van der Waals surface area contributed by atoms with Gasteiger partial charge in [0.2, 0.25) is 5.91 Å². The molecule has 1 saturated heterocycles. The van der Waals surface area contributed by atoms with Gasteiger partial charge in [-0.05, 0) is 42.5 Å². The van der Waals surface area contributed by atoms with E-state index in [1.165, 1.54) is 4.90 Å². The van der Waals surface area contributed by atoms with E-state index in [4.69, 9.17) is 9.26 Å². The summed E-state index contributed by atoms with van der Waals surface area (Å²) in [6.45, 7) is 1.71. The second-order valence-electron chi connectivity index (χ2n) is 9.88. The zero-order chi connectivity index (χ0) is 29.3. The van der Waals surface area contributed by atoms with Crippen molar-refractivity contribution in [2.75, 3.05) is 6.54 Å². The molecule has 41 heavy (non-hydrogen) atoms. The minimum absolute atomic E-state index is 0.0189. The second kappa shape index (κ2) is 13.7. The first-order valence-corrected chi connectivity index (χ1v) is 15.3. The van der Waals surface area contributed by atoms with Gasteiger partial charge in [0.15, 0.2) is 0 Å². The fourth-order valence-corrected chi connectivity index (χ4v) is 6.42. The molecule has 1 heterocycles. The van der Waals surface area contributed by atoms with E-state index in [9.17, 15) is 23.8 Å². The standard InChI is InChI=1S/C31H35N2O7P/c1-2-28(34)33-22-12-21-31(33,30(36)39-23-25-15-8-4-9-16-25)40-41(37,38)27(20-19-24-13-6-3-7-14-24)32-29(35)26-17-10-5-11-18-26/h3-11,13-18,27H,2,12,19-23H2,1H3,(H,32,35)(H,37,38)/t27?,31-/m0/s1. The molecule has 0 bridgehead atoms. The Morgan fingerprint density at radius 1 is 0.951 bits per heavy atom. The Balaban J connectivity index is 1.63. The van der Waals surface area contributed by atoms with Gasteiger partial charge in [-0.15, -0.1) is 0 Å². The molecule has 0 aromatic heterocycles. The molecule has 10 heteroatoms. The Morgan fingerprint density at radius 3 is 2.15 bits per heavy atom. The lowest BCUT2D eigenvalue weighted by Crippen LogP contribution is -2.56. The smallest absolute Gasteiger partial charge is 0.360 e. The minimum Gasteiger partial charge on any atom is -0.457 e. The number of ether oxygens (including phenoxy) is 1. The van der Waals surface area contributed by atoms with Crippen molar-refractivity contribution in [2.45, 2.75) is 57.1 Å². The van der Waals surface area contributed by atoms with Gasteiger partial charge in [0.05, 0.1) is 0 Å². The fourth-order valence-electron chi connectivity index (χ4n) is 4.86. The van der Waals surface area contributed by atoms with Crippen LogP contribution in [-0.4, -0.2) is 45.6 Å². The summed E-state index contributed by atoms with van der Waals surface area (Å²) in [6, 6.07) is 26.6. The highest BCUT2D eigenvalue weighted by Crippen LogP contribution is 2.54. The van der Waals surface area contributed by atoms with Gasteiger partial charge < -0.3 is 19.8 Å². The maximum Gasteiger partial charge on any atom is 0.360 e. The number of likely N-dealkylation sites (tertiary alicyclic amines) is 1. The molecule has 3 atom stereocenters. The molecule has 4 rings (SSSR count). The first-order valence-electron chi connectivity index (χ1n) is 13.7. The minimum atomic E-state index is -4.79. The van der Waals surface area contributed by atoms with E-state index < -0.39 is 36.9 Å². The average molecular weight is 579 g/mol. The van der Waals surface area contributed by atoms with E-state index >= 15 is 0 Å². The Morgan fingerprint density at radius 2 is 1.54 bits per heavy atom. The number of aryl methyl sites for hydroxylation is 1. The first kappa shape index (κ1) is 30.2. The summed E-state index contributed by atoms with van der Waals surface area (Å²) >= 11 is 0. The summed E-state index contributed by atoms with van der Waals surface area (Å²) in [5.41, 5.74) is -0.190. The number of rotatable bonds is 12. The number of nitrogens with zero attached hydrogens (tertiary/aromatic N) is 1. The van der Waals surface area contributed by atoms with Crippen LogP contribution in [0.1, 0.15) is 54.1 Å². The van der Waals surface area contributed by atoms with Crippen LogP contribution >= 0.6 is 7.60 Å². The van der Waals surface area contributed by atoms with E-state index in [1.54, 1.807) is 61.5 Å². The van der Waals surface area contributed by atoms with Crippen molar-refractivity contribution in [3.63, 3.8) is 0 Å². The van der Waals surface area contributed by atoms with E-state index in [0.29, 0.717) is 24.0 Å². The van der Waals surface area contributed by atoms with Crippen LogP contribution in [0, 0.1) is 0 Å². The maximum atomic E-state index is 14.1. The van der Waals surface area contributed by atoms with Crippen LogP contribution in [0.25, 0.3) is 0 Å². The third-order valence-corrected chi connectivity index (χ3v) is 8.77. The number of carbonyl (C=O) groups excluding carboxylic acids is 3. The number of hydrogen-bond acceptors (Lipinski definition) is 6. The summed E-state index contributed by atoms with van der Waals surface area (Å²) < 4.78 is 25.5. The number of nitrogens with one attached hydrogen (secondary N) is 1. The zero-order valence-corrected chi connectivity index (χ0v) is 23.9. The van der Waals surface area contributed by atoms with Gasteiger partial charge in [-0.2, -0.15) is 0 Å². The molecule has 0 aliphatic carbocycles. The van der Waals surface area contributed by atoms with Crippen LogP contribution in [0.4, 0.5) is 0 Å². The van der Waals surface area contributed by atoms with E-state index in [1.807, 2.05) is 36.4 Å². The molecule has 0 radical (unpaired) electrons. The third kappa shape index (κ3) is 7.50. The predicted molar refractivity (Wildman–Crippen MR) is 154 cm³/mol. The monoisotopic (exact) mass is 578 g/mol. The predicted octanol–water partition coefficient (Wildman–Crippen LogP) is 5.05. The maximum absolute atomic E-state index is 14.1. The first-order chi connectivity index (χ1) is 19.7. The number of amides is 2. The molecule has 2 N–H and O–H groups in total. The van der Waals surface area contributed by atoms with Gasteiger partial charge in [-0.3, -0.25) is 18.7 Å². The van der Waals surface area contributed by atoms with Gasteiger partial charge in [0.25, 0.3) is 11.6 Å². The molecular formula is C31H35N2O7P. The molecule has 0 saturated carbocycles. The van der Waals surface area contributed by atoms with Gasteiger partial charge >= 0.3 is 13.6 Å². The lowest BCUT2D eigenvalue weighted by Gasteiger charge is -2.38. The Kier molecular flexibility index (Phi) is 10.1. The van der Waals surface area contributed by atoms with Crippen molar-refractivity contribution in [1.29, 1.82) is 0 Å². The highest BCUT2D eigenvalue weighted by Gasteiger charge is 2.57. The molecular weight excluding hydrogens is 543 g/mol. The lowest BCUT2D eigenvalue weighted by atomic mass is 10.1. The van der Waals surface area contributed by atoms with Crippen molar-refractivity contribution in [3.05, 3.63) is 108 Å². The molecule has 1 aliphatic heterocycles. The quantitative estimate of drug-likeness (QED) is 0.228. The Hall–Kier alpha value is -3.78. The van der Waals surface area contributed by atoms with Crippen molar-refractivity contribution in [3.8, 4) is 0 Å². The third-order valence-electron chi connectivity index (χ3n) is 7.03. The molecule has 1 fully saturated rings. The Labute approximate surface area is 240 Å². The second-order valence-corrected chi connectivity index (χ2v) is 11.8. The van der Waals surface area contributed by atoms with Crippen molar-refractivity contribution in [1.82, 2.24) is 10.2 Å². The van der Waals surface area contributed by atoms with Crippen LogP contribution in [-0.2, 0) is 36.4 Å². The molecule has 0 spiro atoms. The summed E-state index contributed by atoms with van der Waals surface area (Å²) in [7, 11) is -4.79.